The van der Waals surface area contributed by atoms with Crippen LogP contribution in [0.4, 0.5) is 0 Å². The van der Waals surface area contributed by atoms with Crippen molar-refractivity contribution in [3.63, 3.8) is 0 Å². The molecule has 0 aliphatic carbocycles. The number of hydrogen-bond donors (Lipinski definition) is 1. The van der Waals surface area contributed by atoms with Crippen molar-refractivity contribution in [3.8, 4) is 11.1 Å². The number of rotatable bonds is 4. The lowest BCUT2D eigenvalue weighted by Crippen LogP contribution is -2.38. The maximum absolute atomic E-state index is 10.3. The van der Waals surface area contributed by atoms with E-state index in [9.17, 15) is 5.11 Å². The van der Waals surface area contributed by atoms with E-state index in [0.717, 1.165) is 43.0 Å². The quantitative estimate of drug-likeness (QED) is 0.934. The van der Waals surface area contributed by atoms with Crippen molar-refractivity contribution < 1.29 is 9.84 Å². The van der Waals surface area contributed by atoms with Crippen LogP contribution in [0.15, 0.2) is 48.8 Å². The molecule has 0 unspecified atom stereocenters. The first kappa shape index (κ1) is 14.2. The van der Waals surface area contributed by atoms with Gasteiger partial charge in [0.25, 0.3) is 0 Å². The Morgan fingerprint density at radius 3 is 2.29 bits per heavy atom. The Labute approximate surface area is 125 Å². The molecule has 1 saturated heterocycles. The zero-order chi connectivity index (χ0) is 14.5. The maximum Gasteiger partial charge on any atom is 0.0916 e. The number of morpholine rings is 1. The van der Waals surface area contributed by atoms with Gasteiger partial charge < -0.3 is 9.84 Å². The van der Waals surface area contributed by atoms with E-state index in [4.69, 9.17) is 4.74 Å². The van der Waals surface area contributed by atoms with Crippen LogP contribution < -0.4 is 0 Å². The van der Waals surface area contributed by atoms with Gasteiger partial charge in [-0.05, 0) is 28.8 Å². The van der Waals surface area contributed by atoms with E-state index in [-0.39, 0.29) is 0 Å². The fourth-order valence-electron chi connectivity index (χ4n) is 2.58. The molecule has 0 saturated carbocycles. The molecule has 1 aromatic heterocycles. The Bertz CT molecular complexity index is 551. The van der Waals surface area contributed by atoms with Crippen LogP contribution >= 0.6 is 0 Å². The maximum atomic E-state index is 10.3. The first-order chi connectivity index (χ1) is 10.3. The van der Waals surface area contributed by atoms with Crippen molar-refractivity contribution in [1.29, 1.82) is 0 Å². The highest BCUT2D eigenvalue weighted by molar-refractivity contribution is 5.62. The van der Waals surface area contributed by atoms with Crippen molar-refractivity contribution in [2.24, 2.45) is 0 Å². The summed E-state index contributed by atoms with van der Waals surface area (Å²) < 4.78 is 5.32. The molecule has 1 fully saturated rings. The van der Waals surface area contributed by atoms with E-state index < -0.39 is 6.10 Å². The van der Waals surface area contributed by atoms with Gasteiger partial charge in [0.05, 0.1) is 19.3 Å². The molecule has 2 heterocycles. The number of pyridine rings is 1. The normalized spacial score (nSPS) is 17.6. The van der Waals surface area contributed by atoms with Crippen LogP contribution in [0.2, 0.25) is 0 Å². The van der Waals surface area contributed by atoms with Crippen LogP contribution in [0.5, 0.6) is 0 Å². The SMILES string of the molecule is O[C@@H](CN1CCOCC1)c1ccc(-c2ccncc2)cc1. The lowest BCUT2D eigenvalue weighted by Gasteiger charge is -2.28. The summed E-state index contributed by atoms with van der Waals surface area (Å²) in [6, 6.07) is 12.1. The van der Waals surface area contributed by atoms with Gasteiger partial charge in [-0.25, -0.2) is 0 Å². The monoisotopic (exact) mass is 284 g/mol. The molecule has 3 rings (SSSR count). The molecule has 1 N–H and O–H groups in total. The third-order valence-corrected chi connectivity index (χ3v) is 3.84. The van der Waals surface area contributed by atoms with E-state index in [0.29, 0.717) is 6.54 Å². The Kier molecular flexibility index (Phi) is 4.60. The number of ether oxygens (including phenoxy) is 1. The first-order valence-electron chi connectivity index (χ1n) is 7.31. The van der Waals surface area contributed by atoms with Gasteiger partial charge in [-0.3, -0.25) is 9.88 Å². The highest BCUT2D eigenvalue weighted by Crippen LogP contribution is 2.22. The van der Waals surface area contributed by atoms with Crippen LogP contribution in [0, 0.1) is 0 Å². The summed E-state index contributed by atoms with van der Waals surface area (Å²) in [5.74, 6) is 0. The van der Waals surface area contributed by atoms with Gasteiger partial charge >= 0.3 is 0 Å². The van der Waals surface area contributed by atoms with Crippen molar-refractivity contribution in [1.82, 2.24) is 9.88 Å². The minimum atomic E-state index is -0.449. The standard InChI is InChI=1S/C17H20N2O2/c20-17(13-19-9-11-21-12-10-19)16-3-1-14(2-4-16)15-5-7-18-8-6-15/h1-8,17,20H,9-13H2/t17-/m0/s1. The van der Waals surface area contributed by atoms with Crippen LogP contribution in [-0.4, -0.2) is 47.8 Å². The second kappa shape index (κ2) is 6.80. The highest BCUT2D eigenvalue weighted by atomic mass is 16.5. The molecule has 0 spiro atoms. The molecule has 0 bridgehead atoms. The van der Waals surface area contributed by atoms with Crippen molar-refractivity contribution in [3.05, 3.63) is 54.4 Å². The molecule has 110 valence electrons. The highest BCUT2D eigenvalue weighted by Gasteiger charge is 2.16. The molecular formula is C17H20N2O2. The first-order valence-corrected chi connectivity index (χ1v) is 7.31. The number of hydrogen-bond acceptors (Lipinski definition) is 4. The van der Waals surface area contributed by atoms with Crippen LogP contribution in [0.3, 0.4) is 0 Å². The molecule has 1 atom stereocenters. The molecule has 2 aromatic rings. The zero-order valence-corrected chi connectivity index (χ0v) is 12.0. The van der Waals surface area contributed by atoms with Gasteiger partial charge in [0.15, 0.2) is 0 Å². The molecule has 1 aromatic carbocycles. The van der Waals surface area contributed by atoms with Gasteiger partial charge in [-0.15, -0.1) is 0 Å². The van der Waals surface area contributed by atoms with Crippen LogP contribution in [0.1, 0.15) is 11.7 Å². The molecule has 4 heteroatoms. The zero-order valence-electron chi connectivity index (χ0n) is 12.0. The molecule has 4 nitrogen and oxygen atoms in total. The van der Waals surface area contributed by atoms with Gasteiger partial charge in [0.1, 0.15) is 0 Å². The largest absolute Gasteiger partial charge is 0.387 e. The fraction of sp³-hybridized carbons (Fsp3) is 0.353. The van der Waals surface area contributed by atoms with E-state index in [1.54, 1.807) is 12.4 Å². The number of nitrogens with zero attached hydrogens (tertiary/aromatic N) is 2. The van der Waals surface area contributed by atoms with E-state index in [1.165, 1.54) is 0 Å². The predicted octanol–water partition coefficient (Wildman–Crippen LogP) is 2.11. The van der Waals surface area contributed by atoms with Crippen molar-refractivity contribution in [2.45, 2.75) is 6.10 Å². The van der Waals surface area contributed by atoms with E-state index in [2.05, 4.69) is 9.88 Å². The third kappa shape index (κ3) is 3.67. The number of benzene rings is 1. The molecule has 0 amide bonds. The minimum Gasteiger partial charge on any atom is -0.387 e. The number of β-amino-alcohol motifs (C(OH)–C–C–N with tert-alkyl or cyclic N) is 1. The molecule has 0 radical (unpaired) electrons. The minimum absolute atomic E-state index is 0.449. The van der Waals surface area contributed by atoms with E-state index >= 15 is 0 Å². The fourth-order valence-corrected chi connectivity index (χ4v) is 2.58. The number of aliphatic hydroxyl groups excluding tert-OH is 1. The van der Waals surface area contributed by atoms with Gasteiger partial charge in [0.2, 0.25) is 0 Å². The summed E-state index contributed by atoms with van der Waals surface area (Å²) in [5.41, 5.74) is 3.23. The van der Waals surface area contributed by atoms with Crippen LogP contribution in [0.25, 0.3) is 11.1 Å². The smallest absolute Gasteiger partial charge is 0.0916 e. The molecule has 1 aliphatic heterocycles. The Morgan fingerprint density at radius 1 is 1.00 bits per heavy atom. The summed E-state index contributed by atoms with van der Waals surface area (Å²) in [5, 5.41) is 10.3. The second-order valence-corrected chi connectivity index (χ2v) is 5.29. The average Bonchev–Trinajstić information content (AvgIpc) is 2.57. The second-order valence-electron chi connectivity index (χ2n) is 5.29. The number of aromatic nitrogens is 1. The van der Waals surface area contributed by atoms with Crippen LogP contribution in [-0.2, 0) is 4.74 Å². The summed E-state index contributed by atoms with van der Waals surface area (Å²) in [6.45, 7) is 3.97. The lowest BCUT2D eigenvalue weighted by atomic mass is 10.0. The van der Waals surface area contributed by atoms with Gasteiger partial charge in [0, 0.05) is 32.0 Å². The summed E-state index contributed by atoms with van der Waals surface area (Å²) in [4.78, 5) is 6.27. The van der Waals surface area contributed by atoms with E-state index in [1.807, 2.05) is 36.4 Å². The third-order valence-electron chi connectivity index (χ3n) is 3.84. The summed E-state index contributed by atoms with van der Waals surface area (Å²) in [7, 11) is 0. The van der Waals surface area contributed by atoms with Gasteiger partial charge in [-0.1, -0.05) is 24.3 Å². The summed E-state index contributed by atoms with van der Waals surface area (Å²) >= 11 is 0. The average molecular weight is 284 g/mol. The van der Waals surface area contributed by atoms with Crippen molar-refractivity contribution >= 4 is 0 Å². The molecule has 1 aliphatic rings. The Balaban J connectivity index is 1.66. The van der Waals surface area contributed by atoms with Gasteiger partial charge in [-0.2, -0.15) is 0 Å². The number of aliphatic hydroxyl groups is 1. The Morgan fingerprint density at radius 2 is 1.62 bits per heavy atom. The van der Waals surface area contributed by atoms with Crippen molar-refractivity contribution in [2.75, 3.05) is 32.8 Å². The topological polar surface area (TPSA) is 45.6 Å². The lowest BCUT2D eigenvalue weighted by molar-refractivity contribution is 0.0143. The Hall–Kier alpha value is -1.75. The molecular weight excluding hydrogens is 264 g/mol. The summed E-state index contributed by atoms with van der Waals surface area (Å²) in [6.07, 6.45) is 3.13. The molecule has 21 heavy (non-hydrogen) atoms. The predicted molar refractivity (Wildman–Crippen MR) is 81.9 cm³/mol.